The van der Waals surface area contributed by atoms with Crippen LogP contribution in [0.1, 0.15) is 74.6 Å². The topological polar surface area (TPSA) is 24.1 Å². The number of halogens is 4. The zero-order valence-electron chi connectivity index (χ0n) is 22.7. The number of hydrogen-bond acceptors (Lipinski definition) is 2. The first-order chi connectivity index (χ1) is 18.0. The van der Waals surface area contributed by atoms with Gasteiger partial charge < -0.3 is 10.6 Å². The molecule has 1 fully saturated rings. The zero-order chi connectivity index (χ0) is 27.8. The molecule has 0 aromatic heterocycles. The summed E-state index contributed by atoms with van der Waals surface area (Å²) in [6, 6.07) is 11.0. The summed E-state index contributed by atoms with van der Waals surface area (Å²) < 4.78 is 56.2. The molecule has 0 amide bonds. The summed E-state index contributed by atoms with van der Waals surface area (Å²) in [6.07, 6.45) is 9.21. The third kappa shape index (κ3) is 7.99. The van der Waals surface area contributed by atoms with Crippen LogP contribution in [0.3, 0.4) is 0 Å². The maximum atomic E-state index is 14.8. The lowest BCUT2D eigenvalue weighted by molar-refractivity contribution is -0.137. The van der Waals surface area contributed by atoms with Gasteiger partial charge in [-0.3, -0.25) is 0 Å². The van der Waals surface area contributed by atoms with Crippen molar-refractivity contribution in [2.45, 2.75) is 76.9 Å². The highest BCUT2D eigenvalue weighted by Crippen LogP contribution is 2.41. The van der Waals surface area contributed by atoms with E-state index in [2.05, 4.69) is 24.1 Å². The molecular formula is C32H40F4N2. The normalized spacial score (nSPS) is 17.1. The Hall–Kier alpha value is -3.02. The van der Waals surface area contributed by atoms with Gasteiger partial charge >= 0.3 is 6.18 Å². The van der Waals surface area contributed by atoms with E-state index in [-0.39, 0.29) is 12.5 Å². The summed E-state index contributed by atoms with van der Waals surface area (Å²) in [5.74, 6) is -0.272. The van der Waals surface area contributed by atoms with Gasteiger partial charge in [0.25, 0.3) is 0 Å². The minimum atomic E-state index is -4.66. The van der Waals surface area contributed by atoms with E-state index in [9.17, 15) is 17.6 Å². The molecule has 0 radical (unpaired) electrons. The lowest BCUT2D eigenvalue weighted by Crippen LogP contribution is -2.43. The third-order valence-electron chi connectivity index (χ3n) is 7.31. The van der Waals surface area contributed by atoms with E-state index in [1.54, 1.807) is 0 Å². The quantitative estimate of drug-likeness (QED) is 0.213. The Morgan fingerprint density at radius 3 is 2.32 bits per heavy atom. The smallest absolute Gasteiger partial charge is 0.371 e. The van der Waals surface area contributed by atoms with E-state index in [0.29, 0.717) is 29.9 Å². The Labute approximate surface area is 224 Å². The molecule has 6 heteroatoms. The number of hydrogen-bond donors (Lipinski definition) is 2. The van der Waals surface area contributed by atoms with Gasteiger partial charge in [-0.25, -0.2) is 4.39 Å². The van der Waals surface area contributed by atoms with E-state index in [4.69, 9.17) is 0 Å². The Morgan fingerprint density at radius 1 is 1.03 bits per heavy atom. The molecule has 0 aliphatic heterocycles. The molecule has 2 nitrogen and oxygen atoms in total. The second kappa shape index (κ2) is 13.2. The summed E-state index contributed by atoms with van der Waals surface area (Å²) in [7, 11) is 0. The fourth-order valence-corrected chi connectivity index (χ4v) is 5.29. The lowest BCUT2D eigenvalue weighted by Gasteiger charge is -2.38. The molecule has 2 aromatic carbocycles. The van der Waals surface area contributed by atoms with Gasteiger partial charge in [-0.1, -0.05) is 87.4 Å². The molecule has 2 unspecified atom stereocenters. The standard InChI is InChI=1S/C32H40F4N2/c1-5-6-7-8-11-24(3)21-31(26-16-14-23(2)15-17-26,22-37-25(4)38-30-12-9-10-13-30)27-18-28(32(34,35)36)20-29(33)19-27/h6-8,11,14-20,24,30,37-38H,4-5,9-10,12-13,21-22H2,1-3H3/b7-6-,11-8-. The zero-order valence-corrected chi connectivity index (χ0v) is 22.7. The number of benzene rings is 2. The van der Waals surface area contributed by atoms with Gasteiger partial charge in [-0.15, -0.1) is 0 Å². The summed E-state index contributed by atoms with van der Waals surface area (Å²) in [6.45, 7) is 10.5. The second-order valence-corrected chi connectivity index (χ2v) is 10.5. The van der Waals surface area contributed by atoms with E-state index < -0.39 is 23.0 Å². The summed E-state index contributed by atoms with van der Waals surface area (Å²) >= 11 is 0. The monoisotopic (exact) mass is 528 g/mol. The third-order valence-corrected chi connectivity index (χ3v) is 7.31. The van der Waals surface area contributed by atoms with Crippen molar-refractivity contribution in [3.63, 3.8) is 0 Å². The molecule has 2 atom stereocenters. The average molecular weight is 529 g/mol. The van der Waals surface area contributed by atoms with Crippen LogP contribution in [-0.2, 0) is 11.6 Å². The maximum absolute atomic E-state index is 14.8. The number of nitrogens with one attached hydrogen (secondary N) is 2. The Kier molecular flexibility index (Phi) is 10.2. The first kappa shape index (κ1) is 29.5. The summed E-state index contributed by atoms with van der Waals surface area (Å²) in [5, 5.41) is 6.80. The van der Waals surface area contributed by atoms with Crippen molar-refractivity contribution in [2.75, 3.05) is 6.54 Å². The average Bonchev–Trinajstić information content (AvgIpc) is 3.37. The van der Waals surface area contributed by atoms with Gasteiger partial charge in [0, 0.05) is 18.0 Å². The van der Waals surface area contributed by atoms with Gasteiger partial charge in [-0.2, -0.15) is 13.2 Å². The Bertz CT molecular complexity index is 1110. The molecule has 1 aliphatic rings. The highest BCUT2D eigenvalue weighted by atomic mass is 19.4. The molecule has 1 aliphatic carbocycles. The van der Waals surface area contributed by atoms with Crippen LogP contribution in [0.4, 0.5) is 17.6 Å². The van der Waals surface area contributed by atoms with Crippen molar-refractivity contribution in [1.29, 1.82) is 0 Å². The van der Waals surface area contributed by atoms with E-state index in [1.165, 1.54) is 6.07 Å². The molecule has 2 aromatic rings. The molecule has 1 saturated carbocycles. The number of allylic oxidation sites excluding steroid dienone is 4. The van der Waals surface area contributed by atoms with Crippen LogP contribution in [0.15, 0.2) is 79.2 Å². The first-order valence-electron chi connectivity index (χ1n) is 13.5. The van der Waals surface area contributed by atoms with E-state index in [0.717, 1.165) is 49.3 Å². The van der Waals surface area contributed by atoms with E-state index >= 15 is 0 Å². The molecule has 3 rings (SSSR count). The van der Waals surface area contributed by atoms with Crippen LogP contribution >= 0.6 is 0 Å². The van der Waals surface area contributed by atoms with Crippen LogP contribution in [0.25, 0.3) is 0 Å². The second-order valence-electron chi connectivity index (χ2n) is 10.5. The molecule has 0 spiro atoms. The molecule has 2 N–H and O–H groups in total. The molecule has 38 heavy (non-hydrogen) atoms. The van der Waals surface area contributed by atoms with Crippen molar-refractivity contribution in [1.82, 2.24) is 10.6 Å². The highest BCUT2D eigenvalue weighted by molar-refractivity contribution is 5.44. The minimum absolute atomic E-state index is 0.00623. The predicted octanol–water partition coefficient (Wildman–Crippen LogP) is 8.58. The molecule has 0 heterocycles. The van der Waals surface area contributed by atoms with Crippen molar-refractivity contribution in [3.8, 4) is 0 Å². The highest BCUT2D eigenvalue weighted by Gasteiger charge is 2.39. The van der Waals surface area contributed by atoms with Crippen molar-refractivity contribution >= 4 is 0 Å². The largest absolute Gasteiger partial charge is 0.416 e. The summed E-state index contributed by atoms with van der Waals surface area (Å²) in [4.78, 5) is 0. The van der Waals surface area contributed by atoms with Crippen molar-refractivity contribution < 1.29 is 17.6 Å². The van der Waals surface area contributed by atoms with Crippen LogP contribution in [0.2, 0.25) is 0 Å². The van der Waals surface area contributed by atoms with Crippen molar-refractivity contribution in [2.24, 2.45) is 5.92 Å². The first-order valence-corrected chi connectivity index (χ1v) is 13.5. The number of aryl methyl sites for hydroxylation is 1. The molecular weight excluding hydrogens is 488 g/mol. The van der Waals surface area contributed by atoms with Gasteiger partial charge in [0.1, 0.15) is 5.82 Å². The number of rotatable bonds is 12. The van der Waals surface area contributed by atoms with Gasteiger partial charge in [0.2, 0.25) is 0 Å². The summed E-state index contributed by atoms with van der Waals surface area (Å²) in [5.41, 5.74) is 0.220. The van der Waals surface area contributed by atoms with Gasteiger partial charge in [0.15, 0.2) is 0 Å². The number of alkyl halides is 3. The predicted molar refractivity (Wildman–Crippen MR) is 148 cm³/mol. The maximum Gasteiger partial charge on any atom is 0.416 e. The van der Waals surface area contributed by atoms with Gasteiger partial charge in [0.05, 0.1) is 11.4 Å². The van der Waals surface area contributed by atoms with E-state index in [1.807, 2.05) is 62.4 Å². The van der Waals surface area contributed by atoms with Crippen LogP contribution in [-0.4, -0.2) is 12.6 Å². The van der Waals surface area contributed by atoms with Crippen LogP contribution in [0, 0.1) is 18.7 Å². The fourth-order valence-electron chi connectivity index (χ4n) is 5.29. The SMILES string of the molecule is C=C(NCC(CC(C)/C=C\C=C/CC)(c1ccc(C)cc1)c1cc(F)cc(C(F)(F)F)c1)NC1CCCC1. The molecule has 0 bridgehead atoms. The van der Waals surface area contributed by atoms with Crippen LogP contribution < -0.4 is 10.6 Å². The van der Waals surface area contributed by atoms with Crippen molar-refractivity contribution in [3.05, 3.63) is 107 Å². The minimum Gasteiger partial charge on any atom is -0.371 e. The lowest BCUT2D eigenvalue weighted by atomic mass is 9.68. The Balaban J connectivity index is 2.09. The van der Waals surface area contributed by atoms with Gasteiger partial charge in [-0.05, 0) is 67.9 Å². The molecule has 0 saturated heterocycles. The molecule has 206 valence electrons. The Morgan fingerprint density at radius 2 is 1.68 bits per heavy atom. The van der Waals surface area contributed by atoms with Crippen LogP contribution in [0.5, 0.6) is 0 Å². The fraction of sp³-hybridized carbons (Fsp3) is 0.438.